The van der Waals surface area contributed by atoms with Gasteiger partial charge in [0.15, 0.2) is 5.82 Å². The van der Waals surface area contributed by atoms with E-state index in [0.29, 0.717) is 31.3 Å². The van der Waals surface area contributed by atoms with E-state index in [-0.39, 0.29) is 24.5 Å². The van der Waals surface area contributed by atoms with Crippen LogP contribution in [0, 0.1) is 5.82 Å². The lowest BCUT2D eigenvalue weighted by atomic mass is 9.98. The van der Waals surface area contributed by atoms with Crippen molar-refractivity contribution < 1.29 is 14.3 Å². The zero-order chi connectivity index (χ0) is 23.8. The summed E-state index contributed by atoms with van der Waals surface area (Å²) in [5.74, 6) is -0.320. The van der Waals surface area contributed by atoms with E-state index in [1.165, 1.54) is 21.5 Å². The Morgan fingerprint density at radius 2 is 1.97 bits per heavy atom. The summed E-state index contributed by atoms with van der Waals surface area (Å²) in [6, 6.07) is 5.76. The molecule has 174 valence electrons. The quantitative estimate of drug-likeness (QED) is 0.539. The number of tetrazole rings is 1. The van der Waals surface area contributed by atoms with Crippen LogP contribution in [-0.2, 0) is 43.4 Å². The minimum Gasteiger partial charge on any atom is -0.502 e. The van der Waals surface area contributed by atoms with Gasteiger partial charge in [0.05, 0.1) is 31.2 Å². The molecule has 0 bridgehead atoms. The Morgan fingerprint density at radius 3 is 2.64 bits per heavy atom. The monoisotopic (exact) mass is 456 g/mol. The van der Waals surface area contributed by atoms with E-state index in [9.17, 15) is 19.1 Å². The number of benzene rings is 1. The Balaban J connectivity index is 1.54. The second kappa shape index (κ2) is 8.70. The fourth-order valence-electron chi connectivity index (χ4n) is 3.88. The fourth-order valence-corrected chi connectivity index (χ4v) is 3.88. The highest BCUT2D eigenvalue weighted by atomic mass is 19.1. The van der Waals surface area contributed by atoms with Crippen LogP contribution in [0.5, 0.6) is 5.75 Å². The van der Waals surface area contributed by atoms with Gasteiger partial charge in [-0.15, -0.1) is 10.2 Å². The summed E-state index contributed by atoms with van der Waals surface area (Å²) < 4.78 is 14.5. The van der Waals surface area contributed by atoms with Gasteiger partial charge in [0, 0.05) is 19.6 Å². The van der Waals surface area contributed by atoms with E-state index in [1.807, 2.05) is 13.8 Å². The van der Waals surface area contributed by atoms with E-state index < -0.39 is 22.8 Å². The molecule has 2 N–H and O–H groups in total. The number of nitrogens with one attached hydrogen (secondary N) is 1. The average molecular weight is 456 g/mol. The van der Waals surface area contributed by atoms with Gasteiger partial charge in [-0.05, 0) is 36.8 Å². The highest BCUT2D eigenvalue weighted by Crippen LogP contribution is 2.31. The predicted molar refractivity (Wildman–Crippen MR) is 114 cm³/mol. The van der Waals surface area contributed by atoms with Gasteiger partial charge in [-0.3, -0.25) is 19.1 Å². The van der Waals surface area contributed by atoms with Gasteiger partial charge in [-0.2, -0.15) is 4.80 Å². The van der Waals surface area contributed by atoms with E-state index in [4.69, 9.17) is 0 Å². The molecule has 1 aromatic carbocycles. The minimum atomic E-state index is -0.691. The van der Waals surface area contributed by atoms with Crippen molar-refractivity contribution in [1.82, 2.24) is 40.0 Å². The molecule has 12 heteroatoms. The van der Waals surface area contributed by atoms with Crippen LogP contribution in [0.2, 0.25) is 0 Å². The standard InChI is InChI=1S/C21H25FN8O3/c1-21(2)20-24-15(10-17(31)23-11-13-4-6-14(22)7-5-13)18(32)19(33)30(20)9-8-29(21)12-16-25-27-28(3)26-16/h4-7,32H,8-12H2,1-3H3,(H,23,31). The maximum absolute atomic E-state index is 13.0. The smallest absolute Gasteiger partial charge is 0.296 e. The highest BCUT2D eigenvalue weighted by molar-refractivity contribution is 5.78. The number of aromatic hydroxyl groups is 1. The van der Waals surface area contributed by atoms with Crippen LogP contribution in [0.1, 0.15) is 36.8 Å². The molecule has 0 saturated carbocycles. The molecule has 0 aliphatic carbocycles. The summed E-state index contributed by atoms with van der Waals surface area (Å²) in [6.45, 7) is 5.28. The summed E-state index contributed by atoms with van der Waals surface area (Å²) in [7, 11) is 1.68. The number of carbonyl (C=O) groups excluding carboxylic acids is 1. The molecule has 1 amide bonds. The first-order valence-electron chi connectivity index (χ1n) is 10.5. The molecule has 33 heavy (non-hydrogen) atoms. The number of nitrogens with zero attached hydrogens (tertiary/aromatic N) is 7. The molecule has 1 aliphatic heterocycles. The summed E-state index contributed by atoms with van der Waals surface area (Å²) in [4.78, 5) is 33.3. The zero-order valence-corrected chi connectivity index (χ0v) is 18.6. The van der Waals surface area contributed by atoms with Crippen LogP contribution < -0.4 is 10.9 Å². The third-order valence-electron chi connectivity index (χ3n) is 5.76. The maximum atomic E-state index is 13.0. The predicted octanol–water partition coefficient (Wildman–Crippen LogP) is 0.221. The Kier molecular flexibility index (Phi) is 5.93. The molecule has 11 nitrogen and oxygen atoms in total. The first kappa shape index (κ1) is 22.5. The number of rotatable bonds is 6. The van der Waals surface area contributed by atoms with E-state index in [0.717, 1.165) is 5.56 Å². The van der Waals surface area contributed by atoms with Crippen molar-refractivity contribution >= 4 is 5.91 Å². The third kappa shape index (κ3) is 4.60. The van der Waals surface area contributed by atoms with Crippen molar-refractivity contribution in [1.29, 1.82) is 0 Å². The topological polar surface area (TPSA) is 131 Å². The number of carbonyl (C=O) groups is 1. The van der Waals surface area contributed by atoms with Gasteiger partial charge in [0.1, 0.15) is 11.6 Å². The SMILES string of the molecule is Cn1nnc(CN2CCn3c(nc(CC(=O)NCc4ccc(F)cc4)c(O)c3=O)C2(C)C)n1. The first-order chi connectivity index (χ1) is 15.6. The van der Waals surface area contributed by atoms with Gasteiger partial charge in [0.2, 0.25) is 11.7 Å². The minimum absolute atomic E-state index is 0.00964. The van der Waals surface area contributed by atoms with Crippen LogP contribution >= 0.6 is 0 Å². The largest absolute Gasteiger partial charge is 0.502 e. The van der Waals surface area contributed by atoms with Gasteiger partial charge >= 0.3 is 0 Å². The third-order valence-corrected chi connectivity index (χ3v) is 5.76. The van der Waals surface area contributed by atoms with Crippen LogP contribution in [0.4, 0.5) is 4.39 Å². The molecule has 1 aliphatic rings. The molecule has 2 aromatic heterocycles. The number of hydrogen-bond donors (Lipinski definition) is 2. The normalized spacial score (nSPS) is 15.3. The van der Waals surface area contributed by atoms with Crippen molar-refractivity contribution in [3.63, 3.8) is 0 Å². The molecular weight excluding hydrogens is 431 g/mol. The van der Waals surface area contributed by atoms with Crippen molar-refractivity contribution in [2.24, 2.45) is 7.05 Å². The molecule has 0 unspecified atom stereocenters. The molecule has 0 radical (unpaired) electrons. The second-order valence-electron chi connectivity index (χ2n) is 8.44. The van der Waals surface area contributed by atoms with Gasteiger partial charge in [-0.1, -0.05) is 12.1 Å². The molecule has 3 aromatic rings. The highest BCUT2D eigenvalue weighted by Gasteiger charge is 2.38. The van der Waals surface area contributed by atoms with E-state index in [1.54, 1.807) is 19.2 Å². The first-order valence-corrected chi connectivity index (χ1v) is 10.5. The Hall–Kier alpha value is -3.67. The lowest BCUT2D eigenvalue weighted by molar-refractivity contribution is -0.120. The number of amides is 1. The van der Waals surface area contributed by atoms with Crippen molar-refractivity contribution in [2.45, 2.75) is 45.4 Å². The van der Waals surface area contributed by atoms with Gasteiger partial charge in [-0.25, -0.2) is 9.37 Å². The number of hydrogen-bond acceptors (Lipinski definition) is 8. The molecule has 0 atom stereocenters. The van der Waals surface area contributed by atoms with Crippen LogP contribution in [-0.4, -0.2) is 52.2 Å². The molecule has 0 fully saturated rings. The summed E-state index contributed by atoms with van der Waals surface area (Å²) in [5.41, 5.74) is -0.534. The molecule has 3 heterocycles. The zero-order valence-electron chi connectivity index (χ0n) is 18.6. The number of aryl methyl sites for hydroxylation is 1. The summed E-state index contributed by atoms with van der Waals surface area (Å²) in [5, 5.41) is 25.2. The van der Waals surface area contributed by atoms with Crippen LogP contribution in [0.3, 0.4) is 0 Å². The maximum Gasteiger partial charge on any atom is 0.296 e. The summed E-state index contributed by atoms with van der Waals surface area (Å²) in [6.07, 6.45) is -0.266. The summed E-state index contributed by atoms with van der Waals surface area (Å²) >= 11 is 0. The van der Waals surface area contributed by atoms with E-state index >= 15 is 0 Å². The van der Waals surface area contributed by atoms with Crippen LogP contribution in [0.15, 0.2) is 29.1 Å². The van der Waals surface area contributed by atoms with Crippen molar-refractivity contribution in [3.8, 4) is 5.75 Å². The van der Waals surface area contributed by atoms with Crippen LogP contribution in [0.25, 0.3) is 0 Å². The van der Waals surface area contributed by atoms with Crippen molar-refractivity contribution in [2.75, 3.05) is 6.54 Å². The van der Waals surface area contributed by atoms with Gasteiger partial charge in [0.25, 0.3) is 5.56 Å². The Bertz CT molecular complexity index is 1240. The molecule has 0 saturated heterocycles. The Morgan fingerprint density at radius 1 is 1.24 bits per heavy atom. The molecular formula is C21H25FN8O3. The van der Waals surface area contributed by atoms with E-state index in [2.05, 4.69) is 30.6 Å². The lowest BCUT2D eigenvalue weighted by Crippen LogP contribution is -2.52. The Labute approximate surface area is 188 Å². The number of fused-ring (bicyclic) bond motifs is 1. The van der Waals surface area contributed by atoms with Crippen molar-refractivity contribution in [3.05, 3.63) is 63.3 Å². The van der Waals surface area contributed by atoms with Gasteiger partial charge < -0.3 is 10.4 Å². The number of aromatic nitrogens is 6. The number of halogens is 1. The average Bonchev–Trinajstić information content (AvgIpc) is 3.18. The lowest BCUT2D eigenvalue weighted by Gasteiger charge is -2.42. The second-order valence-corrected chi connectivity index (χ2v) is 8.44. The molecule has 0 spiro atoms. The molecule has 4 rings (SSSR count). The fraction of sp³-hybridized carbons (Fsp3) is 0.429.